The van der Waals surface area contributed by atoms with Crippen LogP contribution in [0.1, 0.15) is 72.9 Å². The molecule has 1 aliphatic rings. The minimum atomic E-state index is -0.843. The predicted molar refractivity (Wildman–Crippen MR) is 142 cm³/mol. The molecule has 0 bridgehead atoms. The molecule has 3 rings (SSSR count). The lowest BCUT2D eigenvalue weighted by molar-refractivity contribution is 0.00577. The van der Waals surface area contributed by atoms with Crippen LogP contribution in [0.3, 0.4) is 0 Å². The quantitative estimate of drug-likeness (QED) is 0.420. The summed E-state index contributed by atoms with van der Waals surface area (Å²) in [5.41, 5.74) is 4.94. The molecular weight excluding hydrogens is 492 g/mol. The molecule has 0 amide bonds. The Balaban J connectivity index is 2.12. The summed E-state index contributed by atoms with van der Waals surface area (Å²) < 4.78 is 21.9. The molecule has 206 valence electrons. The summed E-state index contributed by atoms with van der Waals surface area (Å²) in [6, 6.07) is 6.37. The van der Waals surface area contributed by atoms with Crippen molar-refractivity contribution in [2.45, 2.75) is 52.7 Å². The van der Waals surface area contributed by atoms with E-state index in [4.69, 9.17) is 24.7 Å². The lowest BCUT2D eigenvalue weighted by Crippen LogP contribution is -2.43. The van der Waals surface area contributed by atoms with Gasteiger partial charge in [0.2, 0.25) is 0 Å². The number of piperazine rings is 1. The average molecular weight is 529 g/mol. The molecule has 3 N–H and O–H groups in total. The summed E-state index contributed by atoms with van der Waals surface area (Å²) in [4.78, 5) is 44.7. The Morgan fingerprint density at radius 3 is 2.08 bits per heavy atom. The summed E-state index contributed by atoms with van der Waals surface area (Å²) in [6.07, 6.45) is 0. The molecule has 2 heterocycles. The third-order valence-corrected chi connectivity index (χ3v) is 5.29. The Bertz CT molecular complexity index is 1210. The zero-order valence-electron chi connectivity index (χ0n) is 23.0. The first kappa shape index (κ1) is 28.7. The number of hydrogen-bond donors (Lipinski definition) is 2. The fourth-order valence-electron chi connectivity index (χ4n) is 3.65. The molecule has 38 heavy (non-hydrogen) atoms. The first-order chi connectivity index (χ1) is 17.7. The lowest BCUT2D eigenvalue weighted by Gasteiger charge is -2.30. The number of esters is 3. The predicted octanol–water partition coefficient (Wildman–Crippen LogP) is 3.56. The second kappa shape index (κ2) is 11.3. The maximum absolute atomic E-state index is 13.0. The number of anilines is 2. The minimum Gasteiger partial charge on any atom is -0.465 e. The van der Waals surface area contributed by atoms with Gasteiger partial charge in [-0.2, -0.15) is 0 Å². The summed E-state index contributed by atoms with van der Waals surface area (Å²) in [5.74, 6) is -2.18. The van der Waals surface area contributed by atoms with Crippen LogP contribution < -0.4 is 20.7 Å². The number of nitrogens with one attached hydrogen (secondary N) is 1. The van der Waals surface area contributed by atoms with E-state index in [1.807, 2.05) is 0 Å². The van der Waals surface area contributed by atoms with Crippen LogP contribution in [0.4, 0.5) is 11.4 Å². The third kappa shape index (κ3) is 7.34. The van der Waals surface area contributed by atoms with Crippen molar-refractivity contribution in [3.63, 3.8) is 0 Å². The molecule has 0 unspecified atom stereocenters. The average Bonchev–Trinajstić information content (AvgIpc) is 2.83. The van der Waals surface area contributed by atoms with Crippen LogP contribution >= 0.6 is 0 Å². The zero-order valence-corrected chi connectivity index (χ0v) is 23.0. The van der Waals surface area contributed by atoms with E-state index in [9.17, 15) is 14.4 Å². The number of benzene rings is 1. The molecule has 0 aliphatic carbocycles. The number of nitrogen functional groups attached to an aromatic ring is 1. The largest absolute Gasteiger partial charge is 0.465 e. The molecule has 1 saturated heterocycles. The highest BCUT2D eigenvalue weighted by atomic mass is 16.6. The summed E-state index contributed by atoms with van der Waals surface area (Å²) in [6.45, 7) is 13.4. The Morgan fingerprint density at radius 2 is 1.50 bits per heavy atom. The van der Waals surface area contributed by atoms with Crippen molar-refractivity contribution in [3.8, 4) is 11.5 Å². The summed E-state index contributed by atoms with van der Waals surface area (Å²) in [5, 5.41) is 3.29. The molecule has 0 spiro atoms. The van der Waals surface area contributed by atoms with Gasteiger partial charge in [-0.15, -0.1) is 0 Å². The number of hydrogen-bond acceptors (Lipinski definition) is 11. The van der Waals surface area contributed by atoms with Crippen LogP contribution in [0.25, 0.3) is 0 Å². The Kier molecular flexibility index (Phi) is 8.51. The van der Waals surface area contributed by atoms with Gasteiger partial charge < -0.3 is 34.9 Å². The van der Waals surface area contributed by atoms with Gasteiger partial charge in [0, 0.05) is 44.0 Å². The molecule has 11 nitrogen and oxygen atoms in total. The van der Waals surface area contributed by atoms with Gasteiger partial charge in [0.15, 0.2) is 17.1 Å². The normalized spacial score (nSPS) is 14.0. The standard InChI is InChI=1S/C27H36N4O7/c1-26(2,3)37-24(33)18-15-20(21(28)22(30-18)25(34)38-27(4,5)6)36-19-14-16(31-12-10-29-11-13-31)8-9-17(19)23(32)35-7/h8-9,14-15,29H,10-13,28H2,1-7H3. The number of nitrogens with zero attached hydrogens (tertiary/aromatic N) is 2. The van der Waals surface area contributed by atoms with Gasteiger partial charge in [0.1, 0.15) is 28.2 Å². The van der Waals surface area contributed by atoms with Crippen molar-refractivity contribution in [1.82, 2.24) is 10.3 Å². The van der Waals surface area contributed by atoms with Crippen molar-refractivity contribution < 1.29 is 33.3 Å². The van der Waals surface area contributed by atoms with Crippen LogP contribution in [0.15, 0.2) is 24.3 Å². The maximum atomic E-state index is 13.0. The molecule has 0 radical (unpaired) electrons. The van der Waals surface area contributed by atoms with E-state index in [0.29, 0.717) is 0 Å². The Morgan fingerprint density at radius 1 is 0.895 bits per heavy atom. The Hall–Kier alpha value is -3.86. The molecule has 1 aliphatic heterocycles. The molecule has 11 heteroatoms. The number of pyridine rings is 1. The van der Waals surface area contributed by atoms with Crippen LogP contribution in [0, 0.1) is 0 Å². The third-order valence-electron chi connectivity index (χ3n) is 5.29. The zero-order chi connectivity index (χ0) is 28.3. The maximum Gasteiger partial charge on any atom is 0.359 e. The monoisotopic (exact) mass is 528 g/mol. The first-order valence-electron chi connectivity index (χ1n) is 12.3. The topological polar surface area (TPSA) is 142 Å². The second-order valence-electron chi connectivity index (χ2n) is 10.8. The van der Waals surface area contributed by atoms with E-state index in [-0.39, 0.29) is 34.1 Å². The van der Waals surface area contributed by atoms with Gasteiger partial charge >= 0.3 is 17.9 Å². The first-order valence-corrected chi connectivity index (χ1v) is 12.3. The SMILES string of the molecule is COC(=O)c1ccc(N2CCNCC2)cc1Oc1cc(C(=O)OC(C)(C)C)nc(C(=O)OC(C)(C)C)c1N. The summed E-state index contributed by atoms with van der Waals surface area (Å²) >= 11 is 0. The van der Waals surface area contributed by atoms with E-state index in [1.165, 1.54) is 13.2 Å². The number of carbonyl (C=O) groups is 3. The van der Waals surface area contributed by atoms with Crippen molar-refractivity contribution in [2.75, 3.05) is 43.9 Å². The van der Waals surface area contributed by atoms with Gasteiger partial charge in [0.05, 0.1) is 7.11 Å². The van der Waals surface area contributed by atoms with Gasteiger partial charge in [-0.3, -0.25) is 0 Å². The van der Waals surface area contributed by atoms with Crippen LogP contribution in [0.2, 0.25) is 0 Å². The second-order valence-corrected chi connectivity index (χ2v) is 10.8. The van der Waals surface area contributed by atoms with Crippen LogP contribution in [-0.2, 0) is 14.2 Å². The van der Waals surface area contributed by atoms with Gasteiger partial charge in [-0.1, -0.05) is 0 Å². The van der Waals surface area contributed by atoms with E-state index >= 15 is 0 Å². The van der Waals surface area contributed by atoms with Gasteiger partial charge in [-0.25, -0.2) is 19.4 Å². The van der Waals surface area contributed by atoms with Gasteiger partial charge in [0.25, 0.3) is 0 Å². The van der Waals surface area contributed by atoms with E-state index in [1.54, 1.807) is 59.7 Å². The molecule has 1 aromatic heterocycles. The smallest absolute Gasteiger partial charge is 0.359 e. The highest BCUT2D eigenvalue weighted by molar-refractivity contribution is 5.98. The van der Waals surface area contributed by atoms with Crippen molar-refractivity contribution in [1.29, 1.82) is 0 Å². The van der Waals surface area contributed by atoms with Crippen LogP contribution in [0.5, 0.6) is 11.5 Å². The van der Waals surface area contributed by atoms with E-state index in [0.717, 1.165) is 31.9 Å². The van der Waals surface area contributed by atoms with Crippen molar-refractivity contribution in [2.24, 2.45) is 0 Å². The molecular formula is C27H36N4O7. The molecule has 1 aromatic carbocycles. The van der Waals surface area contributed by atoms with Crippen LogP contribution in [-0.4, -0.2) is 67.4 Å². The Labute approximate surface area is 222 Å². The summed E-state index contributed by atoms with van der Waals surface area (Å²) in [7, 11) is 1.26. The van der Waals surface area contributed by atoms with Crippen molar-refractivity contribution in [3.05, 3.63) is 41.2 Å². The lowest BCUT2D eigenvalue weighted by atomic mass is 10.1. The number of carbonyl (C=O) groups excluding carboxylic acids is 3. The number of rotatable bonds is 6. The molecule has 2 aromatic rings. The number of nitrogens with two attached hydrogens (primary N) is 1. The van der Waals surface area contributed by atoms with E-state index in [2.05, 4.69) is 15.2 Å². The highest BCUT2D eigenvalue weighted by Crippen LogP contribution is 2.36. The molecule has 0 saturated carbocycles. The fourth-order valence-corrected chi connectivity index (χ4v) is 3.65. The fraction of sp³-hybridized carbons (Fsp3) is 0.481. The van der Waals surface area contributed by atoms with Gasteiger partial charge in [-0.05, 0) is 53.7 Å². The highest BCUT2D eigenvalue weighted by Gasteiger charge is 2.28. The minimum absolute atomic E-state index is 0.0654. The number of methoxy groups -OCH3 is 1. The number of ether oxygens (including phenoxy) is 4. The van der Waals surface area contributed by atoms with Crippen molar-refractivity contribution >= 4 is 29.3 Å². The number of aromatic nitrogens is 1. The van der Waals surface area contributed by atoms with E-state index < -0.39 is 29.1 Å². The molecule has 1 fully saturated rings. The molecule has 0 atom stereocenters.